The van der Waals surface area contributed by atoms with E-state index in [0.29, 0.717) is 30.0 Å². The van der Waals surface area contributed by atoms with Crippen LogP contribution in [0.15, 0.2) is 65.0 Å². The molecule has 0 bridgehead atoms. The fraction of sp³-hybridized carbons (Fsp3) is 0.273. The molecule has 5 rings (SSSR count). The molecule has 164 valence electrons. The number of nitrogens with zero attached hydrogens (tertiary/aromatic N) is 3. The first-order valence-corrected chi connectivity index (χ1v) is 11.1. The van der Waals surface area contributed by atoms with Gasteiger partial charge < -0.3 is 30.1 Å². The van der Waals surface area contributed by atoms with E-state index in [1.165, 1.54) is 33.7 Å². The third-order valence-corrected chi connectivity index (χ3v) is 7.21. The van der Waals surface area contributed by atoms with Gasteiger partial charge in [-0.3, -0.25) is 9.78 Å². The molecule has 3 amide bonds. The predicted octanol–water partition coefficient (Wildman–Crippen LogP) is -1.97. The average Bonchev–Trinajstić information content (AvgIpc) is 3.12. The molecule has 2 saturated heterocycles. The Morgan fingerprint density at radius 1 is 1.18 bits per heavy atom. The molecule has 0 saturated carbocycles. The molecule has 2 fully saturated rings. The van der Waals surface area contributed by atoms with Crippen LogP contribution in [0, 0.1) is 5.92 Å². The van der Waals surface area contributed by atoms with Gasteiger partial charge in [-0.05, 0) is 48.4 Å². The number of likely N-dealkylation sites (tertiary alicyclic amines) is 1. The topological polar surface area (TPSA) is 126 Å². The molecule has 3 aliphatic heterocycles. The van der Waals surface area contributed by atoms with Crippen molar-refractivity contribution in [1.82, 2.24) is 14.8 Å². The van der Waals surface area contributed by atoms with Gasteiger partial charge in [0.1, 0.15) is 11.8 Å². The average molecular weight is 474 g/mol. The Kier molecular flexibility index (Phi) is 6.71. The molecule has 0 radical (unpaired) electrons. The molecular formula is C22H19N4NaO5S. The summed E-state index contributed by atoms with van der Waals surface area (Å²) in [5.41, 5.74) is 1.13. The number of thioether (sulfide) groups is 1. The Balaban J connectivity index is 0.00000259. The minimum Gasteiger partial charge on any atom is -0.543 e. The summed E-state index contributed by atoms with van der Waals surface area (Å²) >= 11 is 1.49. The Morgan fingerprint density at radius 2 is 1.88 bits per heavy atom. The number of benzene rings is 1. The van der Waals surface area contributed by atoms with Crippen molar-refractivity contribution in [3.63, 3.8) is 0 Å². The smallest absolute Gasteiger partial charge is 0.543 e. The van der Waals surface area contributed by atoms with E-state index in [1.807, 2.05) is 12.1 Å². The fourth-order valence-corrected chi connectivity index (χ4v) is 5.73. The number of carbonyl (C=O) groups excluding carboxylic acids is 3. The quantitative estimate of drug-likeness (QED) is 0.223. The van der Waals surface area contributed by atoms with Crippen LogP contribution in [0.3, 0.4) is 0 Å². The van der Waals surface area contributed by atoms with Crippen molar-refractivity contribution < 1.29 is 54.2 Å². The van der Waals surface area contributed by atoms with Gasteiger partial charge in [-0.1, -0.05) is 0 Å². The van der Waals surface area contributed by atoms with Crippen molar-refractivity contribution in [3.05, 3.63) is 60.1 Å². The van der Waals surface area contributed by atoms with Gasteiger partial charge in [-0.15, -0.1) is 11.8 Å². The first kappa shape index (κ1) is 23.6. The molecule has 0 spiro atoms. The number of urea groups is 1. The van der Waals surface area contributed by atoms with Crippen LogP contribution >= 0.6 is 11.8 Å². The molecule has 9 nitrogen and oxygen atoms in total. The van der Waals surface area contributed by atoms with Crippen molar-refractivity contribution in [2.24, 2.45) is 5.92 Å². The van der Waals surface area contributed by atoms with Crippen LogP contribution in [-0.4, -0.2) is 62.2 Å². The zero-order valence-electron chi connectivity index (χ0n) is 17.8. The third kappa shape index (κ3) is 4.12. The zero-order valence-corrected chi connectivity index (χ0v) is 20.6. The summed E-state index contributed by atoms with van der Waals surface area (Å²) in [6.07, 6.45) is 3.89. The van der Waals surface area contributed by atoms with Crippen molar-refractivity contribution >= 4 is 35.4 Å². The molecule has 1 unspecified atom stereocenters. The molecule has 1 aromatic carbocycles. The SMILES string of the molecule is O=C([O-])C1=C(CSc2ccncc2)C2CCN(C(=O)Nc3ccc(O)cc3)[C@@H]3C(=O)N1[C@H]23.[Na+]. The van der Waals surface area contributed by atoms with Crippen molar-refractivity contribution in [2.45, 2.75) is 23.4 Å². The molecule has 4 heterocycles. The van der Waals surface area contributed by atoms with Crippen molar-refractivity contribution in [3.8, 4) is 5.75 Å². The van der Waals surface area contributed by atoms with Crippen LogP contribution in [0.25, 0.3) is 0 Å². The van der Waals surface area contributed by atoms with E-state index in [0.717, 1.165) is 4.90 Å². The molecule has 2 N–H and O–H groups in total. The predicted molar refractivity (Wildman–Crippen MR) is 113 cm³/mol. The minimum absolute atomic E-state index is 0. The number of hydrogen-bond acceptors (Lipinski definition) is 7. The Bertz CT molecular complexity index is 1130. The van der Waals surface area contributed by atoms with Gasteiger partial charge in [0.2, 0.25) is 0 Å². The largest absolute Gasteiger partial charge is 1.00 e. The number of aliphatic carboxylic acids is 1. The summed E-state index contributed by atoms with van der Waals surface area (Å²) in [6.45, 7) is 0.332. The first-order valence-electron chi connectivity index (χ1n) is 10.1. The van der Waals surface area contributed by atoms with Crippen LogP contribution < -0.4 is 40.0 Å². The molecule has 0 aliphatic carbocycles. The number of β-lactam (4-membered cyclic amide) rings is 1. The van der Waals surface area contributed by atoms with Gasteiger partial charge in [-0.25, -0.2) is 4.79 Å². The Hall–Kier alpha value is -2.53. The van der Waals surface area contributed by atoms with Gasteiger partial charge in [0.05, 0.1) is 17.7 Å². The Morgan fingerprint density at radius 3 is 2.55 bits per heavy atom. The van der Waals surface area contributed by atoms with E-state index in [-0.39, 0.29) is 53.0 Å². The van der Waals surface area contributed by atoms with Gasteiger partial charge in [-0.2, -0.15) is 0 Å². The van der Waals surface area contributed by atoms with Crippen LogP contribution in [0.2, 0.25) is 0 Å². The molecular weight excluding hydrogens is 455 g/mol. The minimum atomic E-state index is -1.36. The summed E-state index contributed by atoms with van der Waals surface area (Å²) in [5, 5.41) is 24.1. The zero-order chi connectivity index (χ0) is 22.4. The molecule has 3 atom stereocenters. The number of aromatic hydroxyl groups is 1. The van der Waals surface area contributed by atoms with Crippen LogP contribution in [-0.2, 0) is 9.59 Å². The summed E-state index contributed by atoms with van der Waals surface area (Å²) in [5.74, 6) is -1.39. The molecule has 2 aromatic rings. The second-order valence-electron chi connectivity index (χ2n) is 7.84. The number of pyridine rings is 1. The maximum atomic E-state index is 12.9. The second-order valence-corrected chi connectivity index (χ2v) is 8.89. The van der Waals surface area contributed by atoms with Crippen molar-refractivity contribution in [1.29, 1.82) is 0 Å². The van der Waals surface area contributed by atoms with Gasteiger partial charge >= 0.3 is 35.6 Å². The second kappa shape index (κ2) is 9.38. The number of piperidine rings is 1. The number of amides is 3. The van der Waals surface area contributed by atoms with E-state index < -0.39 is 23.9 Å². The van der Waals surface area contributed by atoms with Crippen LogP contribution in [0.5, 0.6) is 5.75 Å². The maximum absolute atomic E-state index is 12.9. The summed E-state index contributed by atoms with van der Waals surface area (Å²) < 4.78 is 0. The number of nitrogens with one attached hydrogen (secondary N) is 1. The number of carbonyl (C=O) groups is 3. The fourth-order valence-electron chi connectivity index (χ4n) is 4.74. The number of carboxylic acids is 1. The molecule has 11 heteroatoms. The van der Waals surface area contributed by atoms with Gasteiger partial charge in [0.25, 0.3) is 5.91 Å². The van der Waals surface area contributed by atoms with Crippen LogP contribution in [0.1, 0.15) is 6.42 Å². The van der Waals surface area contributed by atoms with Crippen molar-refractivity contribution in [2.75, 3.05) is 17.6 Å². The molecule has 3 aliphatic rings. The van der Waals surface area contributed by atoms with Crippen LogP contribution in [0.4, 0.5) is 10.5 Å². The number of hydrogen-bond donors (Lipinski definition) is 2. The molecule has 1 aromatic heterocycles. The Labute approximate surface area is 216 Å². The van der Waals surface area contributed by atoms with E-state index >= 15 is 0 Å². The standard InChI is InChI=1S/C22H20N4O5S.Na/c27-13-3-1-12(2-4-13)24-22(31)25-10-7-15-16(11-32-14-5-8-23-9-6-14)18(21(29)30)26-17(15)19(25)20(26)28;/h1-6,8-9,15,17,19,27H,7,10-11H2,(H,24,31)(H,29,30);/q;+1/p-1/t15?,17-,19+;/m1./s1. The monoisotopic (exact) mass is 474 g/mol. The maximum Gasteiger partial charge on any atom is 1.00 e. The molecule has 33 heavy (non-hydrogen) atoms. The van der Waals surface area contributed by atoms with Gasteiger partial charge in [0.15, 0.2) is 0 Å². The van der Waals surface area contributed by atoms with E-state index in [4.69, 9.17) is 0 Å². The van der Waals surface area contributed by atoms with E-state index in [2.05, 4.69) is 10.3 Å². The normalized spacial score (nSPS) is 22.9. The number of aromatic nitrogens is 1. The first-order chi connectivity index (χ1) is 15.5. The number of anilines is 1. The van der Waals surface area contributed by atoms with Gasteiger partial charge in [0, 0.05) is 41.2 Å². The number of carboxylic acid groups (broad SMARTS) is 1. The summed E-state index contributed by atoms with van der Waals surface area (Å²) in [4.78, 5) is 45.4. The van der Waals surface area contributed by atoms with E-state index in [9.17, 15) is 24.6 Å². The third-order valence-electron chi connectivity index (χ3n) is 6.15. The summed E-state index contributed by atoms with van der Waals surface area (Å²) in [6, 6.07) is 8.21. The number of phenolic OH excluding ortho intramolecular Hbond substituents is 1. The van der Waals surface area contributed by atoms with E-state index in [1.54, 1.807) is 24.5 Å². The number of phenols is 1. The number of rotatable bonds is 5. The summed E-state index contributed by atoms with van der Waals surface area (Å²) in [7, 11) is 0.